The Hall–Kier alpha value is -1.28. The fraction of sp³-hybridized carbons (Fsp3) is 0.750. The molecular formula is C24H38O6S2. The van der Waals surface area contributed by atoms with Crippen molar-refractivity contribution in [2.24, 2.45) is 10.8 Å². The minimum atomic E-state index is -1.04. The summed E-state index contributed by atoms with van der Waals surface area (Å²) in [4.78, 5) is 24.3. The Labute approximate surface area is 196 Å². The molecule has 4 atom stereocenters. The molecule has 0 saturated heterocycles. The quantitative estimate of drug-likeness (QED) is 0.373. The number of carboxylic acids is 2. The Bertz CT molecular complexity index is 824. The summed E-state index contributed by atoms with van der Waals surface area (Å²) in [6.07, 6.45) is 11.1. The normalized spacial score (nSPS) is 26.1. The third kappa shape index (κ3) is 7.11. The van der Waals surface area contributed by atoms with Crippen LogP contribution in [0, 0.1) is 10.8 Å². The first-order valence-electron chi connectivity index (χ1n) is 11.5. The third-order valence-corrected chi connectivity index (χ3v) is 10.6. The van der Waals surface area contributed by atoms with E-state index in [4.69, 9.17) is 0 Å². The van der Waals surface area contributed by atoms with Crippen LogP contribution in [0.2, 0.25) is 0 Å². The molecule has 6 nitrogen and oxygen atoms in total. The highest BCUT2D eigenvalue weighted by atomic mass is 32.2. The van der Waals surface area contributed by atoms with Gasteiger partial charge in [-0.1, -0.05) is 18.6 Å². The van der Waals surface area contributed by atoms with Gasteiger partial charge < -0.3 is 10.2 Å². The first-order chi connectivity index (χ1) is 14.8. The zero-order valence-electron chi connectivity index (χ0n) is 19.7. The summed E-state index contributed by atoms with van der Waals surface area (Å²) in [5, 5.41) is 18.6. The monoisotopic (exact) mass is 486 g/mol. The van der Waals surface area contributed by atoms with Crippen LogP contribution in [0.1, 0.15) is 91.9 Å². The maximum absolute atomic E-state index is 12.8. The van der Waals surface area contributed by atoms with Crippen LogP contribution in [0.5, 0.6) is 0 Å². The van der Waals surface area contributed by atoms with Crippen LogP contribution in [0.4, 0.5) is 0 Å². The Morgan fingerprint density at radius 3 is 1.75 bits per heavy atom. The Morgan fingerprint density at radius 1 is 0.812 bits per heavy atom. The highest BCUT2D eigenvalue weighted by Gasteiger charge is 2.32. The molecule has 2 heterocycles. The van der Waals surface area contributed by atoms with Gasteiger partial charge in [0.05, 0.1) is 32.4 Å². The molecule has 32 heavy (non-hydrogen) atoms. The molecule has 2 aliphatic heterocycles. The van der Waals surface area contributed by atoms with Gasteiger partial charge in [0.15, 0.2) is 0 Å². The van der Waals surface area contributed by atoms with Gasteiger partial charge in [0.2, 0.25) is 0 Å². The van der Waals surface area contributed by atoms with Gasteiger partial charge in [-0.25, -0.2) is 0 Å². The van der Waals surface area contributed by atoms with Crippen molar-refractivity contribution in [1.82, 2.24) is 0 Å². The molecule has 4 unspecified atom stereocenters. The van der Waals surface area contributed by atoms with E-state index < -0.39 is 44.4 Å². The lowest BCUT2D eigenvalue weighted by atomic mass is 9.87. The van der Waals surface area contributed by atoms with Gasteiger partial charge in [0, 0.05) is 20.3 Å². The molecule has 182 valence electrons. The van der Waals surface area contributed by atoms with Gasteiger partial charge in [-0.2, -0.15) is 0 Å². The molecule has 0 aromatic rings. The summed E-state index contributed by atoms with van der Waals surface area (Å²) in [7, 11) is -2.08. The Morgan fingerprint density at radius 2 is 1.25 bits per heavy atom. The first kappa shape index (κ1) is 27.0. The summed E-state index contributed by atoms with van der Waals surface area (Å²) >= 11 is 0. The van der Waals surface area contributed by atoms with E-state index in [1.807, 2.05) is 6.08 Å². The van der Waals surface area contributed by atoms with Crippen molar-refractivity contribution < 1.29 is 28.2 Å². The minimum Gasteiger partial charge on any atom is -0.481 e. The van der Waals surface area contributed by atoms with Gasteiger partial charge in [0.25, 0.3) is 0 Å². The summed E-state index contributed by atoms with van der Waals surface area (Å²) in [6.45, 7) is 6.88. The number of aliphatic carboxylic acids is 2. The smallest absolute Gasteiger partial charge is 0.309 e. The molecular weight excluding hydrogens is 448 g/mol. The van der Waals surface area contributed by atoms with Gasteiger partial charge in [0.1, 0.15) is 0 Å². The van der Waals surface area contributed by atoms with Crippen LogP contribution in [-0.4, -0.2) is 41.1 Å². The number of allylic oxidation sites excluding steroid dienone is 4. The second-order valence-corrected chi connectivity index (χ2v) is 13.9. The Balaban J connectivity index is 1.72. The lowest BCUT2D eigenvalue weighted by Gasteiger charge is -2.19. The molecule has 8 heteroatoms. The number of rotatable bonds is 13. The molecule has 2 rings (SSSR count). The Kier molecular flexibility index (Phi) is 9.46. The average Bonchev–Trinajstić information content (AvgIpc) is 3.22. The zero-order valence-corrected chi connectivity index (χ0v) is 21.4. The maximum Gasteiger partial charge on any atom is 0.309 e. The van der Waals surface area contributed by atoms with Crippen molar-refractivity contribution in [2.45, 2.75) is 102 Å². The van der Waals surface area contributed by atoms with E-state index in [1.54, 1.807) is 27.7 Å². The van der Waals surface area contributed by atoms with Crippen molar-refractivity contribution >= 4 is 33.5 Å². The minimum absolute atomic E-state index is 0.0470. The van der Waals surface area contributed by atoms with Crippen LogP contribution in [0.25, 0.3) is 0 Å². The lowest BCUT2D eigenvalue weighted by molar-refractivity contribution is -0.148. The molecule has 0 fully saturated rings. The SMILES string of the molecule is CC(C)(CCCC1=CCC(CCC2=CCC(CCCC(C)(C)C(=O)O)S2=O)S1=O)C(=O)O. The van der Waals surface area contributed by atoms with Crippen LogP contribution in [0.3, 0.4) is 0 Å². The van der Waals surface area contributed by atoms with E-state index >= 15 is 0 Å². The molecule has 0 saturated carbocycles. The molecule has 2 N–H and O–H groups in total. The average molecular weight is 487 g/mol. The number of hydrogen-bond donors (Lipinski definition) is 2. The number of hydrogen-bond acceptors (Lipinski definition) is 4. The van der Waals surface area contributed by atoms with E-state index in [9.17, 15) is 28.2 Å². The number of carboxylic acid groups (broad SMARTS) is 2. The molecule has 0 aromatic heterocycles. The highest BCUT2D eigenvalue weighted by Crippen LogP contribution is 2.35. The molecule has 0 radical (unpaired) electrons. The van der Waals surface area contributed by atoms with E-state index in [1.165, 1.54) is 0 Å². The van der Waals surface area contributed by atoms with Crippen LogP contribution < -0.4 is 0 Å². The predicted molar refractivity (Wildman–Crippen MR) is 129 cm³/mol. The fourth-order valence-electron chi connectivity index (χ4n) is 4.14. The second-order valence-electron chi connectivity index (χ2n) is 10.3. The predicted octanol–water partition coefficient (Wildman–Crippen LogP) is 5.14. The molecule has 0 spiro atoms. The first-order valence-corrected chi connectivity index (χ1v) is 13.9. The zero-order chi connectivity index (χ0) is 24.1. The van der Waals surface area contributed by atoms with E-state index in [0.29, 0.717) is 32.1 Å². The third-order valence-electron chi connectivity index (χ3n) is 6.76. The van der Waals surface area contributed by atoms with Gasteiger partial charge in [-0.15, -0.1) is 0 Å². The summed E-state index contributed by atoms with van der Waals surface area (Å²) in [5.41, 5.74) is -1.52. The van der Waals surface area contributed by atoms with Gasteiger partial charge in [-0.05, 0) is 85.5 Å². The van der Waals surface area contributed by atoms with Crippen molar-refractivity contribution in [1.29, 1.82) is 0 Å². The summed E-state index contributed by atoms with van der Waals surface area (Å²) in [6, 6.07) is 0. The second kappa shape index (κ2) is 11.2. The van der Waals surface area contributed by atoms with E-state index in [-0.39, 0.29) is 10.5 Å². The maximum atomic E-state index is 12.8. The van der Waals surface area contributed by atoms with Crippen LogP contribution in [-0.2, 0) is 31.2 Å². The number of carbonyl (C=O) groups is 2. The fourth-order valence-corrected chi connectivity index (χ4v) is 7.44. The topological polar surface area (TPSA) is 109 Å². The van der Waals surface area contributed by atoms with Crippen LogP contribution >= 0.6 is 0 Å². The molecule has 0 aromatic carbocycles. The van der Waals surface area contributed by atoms with E-state index in [2.05, 4.69) is 6.08 Å². The largest absolute Gasteiger partial charge is 0.481 e. The van der Waals surface area contributed by atoms with E-state index in [0.717, 1.165) is 41.9 Å². The lowest BCUT2D eigenvalue weighted by Crippen LogP contribution is -2.24. The van der Waals surface area contributed by atoms with Crippen molar-refractivity contribution in [3.05, 3.63) is 22.0 Å². The molecule has 0 aliphatic carbocycles. The molecule has 0 amide bonds. The van der Waals surface area contributed by atoms with Crippen molar-refractivity contribution in [3.63, 3.8) is 0 Å². The molecule has 2 aliphatic rings. The summed E-state index contributed by atoms with van der Waals surface area (Å²) in [5.74, 6) is -1.61. The van der Waals surface area contributed by atoms with Crippen molar-refractivity contribution in [2.75, 3.05) is 0 Å². The standard InChI is InChI=1S/C24H38O6S2/c1-23(2,21(25)26)15-5-7-17-9-11-19(31(17)29)13-14-20-12-10-18(32(20)30)8-6-16-24(3,4)22(27)28/h9,12,18-19H,5-8,10-11,13-16H2,1-4H3,(H,25,26)(H,27,28). The van der Waals surface area contributed by atoms with Gasteiger partial charge >= 0.3 is 11.9 Å². The summed E-state index contributed by atoms with van der Waals surface area (Å²) < 4.78 is 25.6. The highest BCUT2D eigenvalue weighted by molar-refractivity contribution is 7.90. The molecule has 0 bridgehead atoms. The van der Waals surface area contributed by atoms with Crippen LogP contribution in [0.15, 0.2) is 22.0 Å². The van der Waals surface area contributed by atoms with Gasteiger partial charge in [-0.3, -0.25) is 18.0 Å². The van der Waals surface area contributed by atoms with Crippen molar-refractivity contribution in [3.8, 4) is 0 Å².